The highest BCUT2D eigenvalue weighted by Gasteiger charge is 2.29. The Labute approximate surface area is 42.8 Å². The van der Waals surface area contributed by atoms with Crippen LogP contribution in [0.4, 0.5) is 0 Å². The van der Waals surface area contributed by atoms with E-state index in [1.54, 1.807) is 0 Å². The molecule has 0 bridgehead atoms. The van der Waals surface area contributed by atoms with Gasteiger partial charge in [0.1, 0.15) is 6.61 Å². The minimum Gasteiger partial charge on any atom is -0.390 e. The molecule has 1 saturated carbocycles. The fourth-order valence-corrected chi connectivity index (χ4v) is 0.617. The van der Waals surface area contributed by atoms with Gasteiger partial charge in [-0.1, -0.05) is 0 Å². The molecule has 1 radical (unpaired) electrons. The van der Waals surface area contributed by atoms with E-state index in [2.05, 4.69) is 0 Å². The van der Waals surface area contributed by atoms with Crippen molar-refractivity contribution < 1.29 is 10.2 Å². The fourth-order valence-electron chi connectivity index (χ4n) is 0.617. The molecule has 0 saturated heterocycles. The number of aliphatic hydroxyl groups is 1. The van der Waals surface area contributed by atoms with E-state index < -0.39 is 6.10 Å². The van der Waals surface area contributed by atoms with Crippen LogP contribution in [0.25, 0.3) is 0 Å². The van der Waals surface area contributed by atoms with Crippen molar-refractivity contribution in [1.82, 2.24) is 0 Å². The summed E-state index contributed by atoms with van der Waals surface area (Å²) in [5.74, 6) is 0.359. The Bertz CT molecular complexity index is 59.1. The van der Waals surface area contributed by atoms with Crippen LogP contribution in [0.5, 0.6) is 0 Å². The van der Waals surface area contributed by atoms with Crippen molar-refractivity contribution in [3.05, 3.63) is 0 Å². The van der Waals surface area contributed by atoms with Crippen LogP contribution in [-0.2, 0) is 5.11 Å². The SMILES string of the molecule is [O]CC(O)C1CC1. The van der Waals surface area contributed by atoms with E-state index in [1.807, 2.05) is 0 Å². The van der Waals surface area contributed by atoms with Crippen LogP contribution in [0.15, 0.2) is 0 Å². The van der Waals surface area contributed by atoms with Gasteiger partial charge in [-0.15, -0.1) is 0 Å². The third kappa shape index (κ3) is 1.14. The maximum Gasteiger partial charge on any atom is 0.108 e. The van der Waals surface area contributed by atoms with Crippen molar-refractivity contribution in [2.24, 2.45) is 5.92 Å². The topological polar surface area (TPSA) is 40.1 Å². The summed E-state index contributed by atoms with van der Waals surface area (Å²) in [6.45, 7) is -0.315. The molecule has 1 N–H and O–H groups in total. The fraction of sp³-hybridized carbons (Fsp3) is 1.00. The van der Waals surface area contributed by atoms with Crippen LogP contribution in [0.3, 0.4) is 0 Å². The summed E-state index contributed by atoms with van der Waals surface area (Å²) in [6.07, 6.45) is 1.58. The summed E-state index contributed by atoms with van der Waals surface area (Å²) in [7, 11) is 0. The van der Waals surface area contributed by atoms with Crippen LogP contribution in [0.1, 0.15) is 12.8 Å². The predicted molar refractivity (Wildman–Crippen MR) is 24.3 cm³/mol. The molecule has 0 aromatic carbocycles. The number of rotatable bonds is 2. The maximum absolute atomic E-state index is 9.86. The largest absolute Gasteiger partial charge is 0.390 e. The van der Waals surface area contributed by atoms with Crippen LogP contribution < -0.4 is 0 Å². The van der Waals surface area contributed by atoms with Crippen molar-refractivity contribution in [3.8, 4) is 0 Å². The van der Waals surface area contributed by atoms with Gasteiger partial charge in [0.15, 0.2) is 0 Å². The third-order valence-electron chi connectivity index (χ3n) is 1.34. The molecule has 1 rings (SSSR count). The average Bonchev–Trinajstić information content (AvgIpc) is 2.44. The van der Waals surface area contributed by atoms with Crippen molar-refractivity contribution in [1.29, 1.82) is 0 Å². The smallest absolute Gasteiger partial charge is 0.108 e. The standard InChI is InChI=1S/C5H9O2/c6-3-5(7)4-1-2-4/h4-5,7H,1-3H2. The second-order valence-corrected chi connectivity index (χ2v) is 2.07. The molecule has 0 spiro atoms. The molecule has 41 valence electrons. The number of aliphatic hydroxyl groups excluding tert-OH is 1. The first-order chi connectivity index (χ1) is 3.34. The van der Waals surface area contributed by atoms with Gasteiger partial charge in [-0.05, 0) is 18.8 Å². The first-order valence-corrected chi connectivity index (χ1v) is 2.60. The van der Waals surface area contributed by atoms with Gasteiger partial charge in [0, 0.05) is 0 Å². The van der Waals surface area contributed by atoms with Crippen LogP contribution in [0.2, 0.25) is 0 Å². The molecular weight excluding hydrogens is 92.1 g/mol. The Balaban J connectivity index is 2.10. The molecule has 1 unspecified atom stereocenters. The van der Waals surface area contributed by atoms with Gasteiger partial charge in [0.05, 0.1) is 6.10 Å². The lowest BCUT2D eigenvalue weighted by molar-refractivity contribution is 0.0417. The first kappa shape index (κ1) is 5.06. The molecule has 2 heteroatoms. The van der Waals surface area contributed by atoms with Gasteiger partial charge in [-0.3, -0.25) is 0 Å². The average molecular weight is 101 g/mol. The minimum atomic E-state index is -0.542. The van der Waals surface area contributed by atoms with E-state index in [-0.39, 0.29) is 6.61 Å². The van der Waals surface area contributed by atoms with E-state index >= 15 is 0 Å². The molecule has 2 nitrogen and oxygen atoms in total. The quantitative estimate of drug-likeness (QED) is 0.529. The van der Waals surface area contributed by atoms with E-state index in [9.17, 15) is 5.11 Å². The lowest BCUT2D eigenvalue weighted by Crippen LogP contribution is -2.12. The normalized spacial score (nSPS) is 24.9. The van der Waals surface area contributed by atoms with Gasteiger partial charge < -0.3 is 5.11 Å². The van der Waals surface area contributed by atoms with E-state index in [0.29, 0.717) is 5.92 Å². The summed E-state index contributed by atoms with van der Waals surface area (Å²) in [4.78, 5) is 0. The Kier molecular flexibility index (Phi) is 1.30. The highest BCUT2D eigenvalue weighted by Crippen LogP contribution is 2.32. The van der Waals surface area contributed by atoms with Crippen LogP contribution in [-0.4, -0.2) is 17.8 Å². The summed E-state index contributed by atoms with van der Waals surface area (Å²) in [5.41, 5.74) is 0. The maximum atomic E-state index is 9.86. The molecule has 0 aliphatic heterocycles. The lowest BCUT2D eigenvalue weighted by Gasteiger charge is -1.98. The summed E-state index contributed by atoms with van der Waals surface area (Å²) in [5, 5.41) is 18.5. The van der Waals surface area contributed by atoms with Crippen molar-refractivity contribution >= 4 is 0 Å². The summed E-state index contributed by atoms with van der Waals surface area (Å²) >= 11 is 0. The highest BCUT2D eigenvalue weighted by atomic mass is 16.3. The zero-order valence-electron chi connectivity index (χ0n) is 4.13. The minimum absolute atomic E-state index is 0.315. The Morgan fingerprint density at radius 1 is 1.71 bits per heavy atom. The molecule has 0 aromatic heterocycles. The van der Waals surface area contributed by atoms with Gasteiger partial charge in [0.25, 0.3) is 0 Å². The lowest BCUT2D eigenvalue weighted by atomic mass is 10.2. The molecule has 1 aliphatic carbocycles. The zero-order valence-corrected chi connectivity index (χ0v) is 4.13. The molecule has 1 fully saturated rings. The molecule has 0 aromatic rings. The van der Waals surface area contributed by atoms with Gasteiger partial charge >= 0.3 is 0 Å². The Morgan fingerprint density at radius 2 is 2.29 bits per heavy atom. The van der Waals surface area contributed by atoms with Crippen molar-refractivity contribution in [2.45, 2.75) is 18.9 Å². The zero-order chi connectivity index (χ0) is 5.28. The Morgan fingerprint density at radius 3 is 2.43 bits per heavy atom. The highest BCUT2D eigenvalue weighted by molar-refractivity contribution is 4.79. The molecule has 1 aliphatic rings. The van der Waals surface area contributed by atoms with Crippen molar-refractivity contribution in [3.63, 3.8) is 0 Å². The summed E-state index contributed by atoms with van der Waals surface area (Å²) < 4.78 is 0. The third-order valence-corrected chi connectivity index (χ3v) is 1.34. The number of hydrogen-bond acceptors (Lipinski definition) is 1. The predicted octanol–water partition coefficient (Wildman–Crippen LogP) is 0.188. The van der Waals surface area contributed by atoms with E-state index in [1.165, 1.54) is 0 Å². The first-order valence-electron chi connectivity index (χ1n) is 2.60. The van der Waals surface area contributed by atoms with Crippen LogP contribution in [0, 0.1) is 5.92 Å². The van der Waals surface area contributed by atoms with Crippen molar-refractivity contribution in [2.75, 3.05) is 6.61 Å². The number of hydrogen-bond donors (Lipinski definition) is 1. The molecule has 0 amide bonds. The molecular formula is C5H9O2. The monoisotopic (exact) mass is 101 g/mol. The molecule has 7 heavy (non-hydrogen) atoms. The van der Waals surface area contributed by atoms with Crippen LogP contribution >= 0.6 is 0 Å². The van der Waals surface area contributed by atoms with E-state index in [0.717, 1.165) is 12.8 Å². The van der Waals surface area contributed by atoms with Gasteiger partial charge in [-0.25, -0.2) is 5.11 Å². The second kappa shape index (κ2) is 1.80. The van der Waals surface area contributed by atoms with Gasteiger partial charge in [0.2, 0.25) is 0 Å². The van der Waals surface area contributed by atoms with Gasteiger partial charge in [-0.2, -0.15) is 0 Å². The van der Waals surface area contributed by atoms with E-state index in [4.69, 9.17) is 5.11 Å². The summed E-state index contributed by atoms with van der Waals surface area (Å²) in [6, 6.07) is 0. The Hall–Kier alpha value is -0.0800. The second-order valence-electron chi connectivity index (χ2n) is 2.07. The molecule has 1 atom stereocenters. The molecule has 0 heterocycles.